The van der Waals surface area contributed by atoms with Gasteiger partial charge in [0, 0.05) is 52.9 Å². The number of hydrogen-bond acceptors (Lipinski definition) is 9. The summed E-state index contributed by atoms with van der Waals surface area (Å²) in [6.07, 6.45) is 8.17. The highest BCUT2D eigenvalue weighted by Crippen LogP contribution is 2.17. The first kappa shape index (κ1) is 31.1. The highest BCUT2D eigenvalue weighted by molar-refractivity contribution is 5.91. The Morgan fingerprint density at radius 3 is 2.67 bits per heavy atom. The minimum absolute atomic E-state index is 0.0133. The van der Waals surface area contributed by atoms with Crippen LogP contribution in [0.15, 0.2) is 36.7 Å². The third kappa shape index (κ3) is 12.8. The van der Waals surface area contributed by atoms with E-state index in [-0.39, 0.29) is 18.4 Å². The Morgan fingerprint density at radius 2 is 1.95 bits per heavy atom. The number of carbonyl (C=O) groups excluding carboxylic acids is 2. The van der Waals surface area contributed by atoms with Crippen molar-refractivity contribution >= 4 is 29.3 Å². The van der Waals surface area contributed by atoms with Crippen molar-refractivity contribution in [1.82, 2.24) is 30.1 Å². The van der Waals surface area contributed by atoms with Crippen molar-refractivity contribution in [2.45, 2.75) is 19.3 Å². The van der Waals surface area contributed by atoms with Gasteiger partial charge in [-0.15, -0.1) is 0 Å². The second kappa shape index (κ2) is 17.4. The van der Waals surface area contributed by atoms with Gasteiger partial charge in [0.1, 0.15) is 5.82 Å². The monoisotopic (exact) mass is 540 g/mol. The number of methoxy groups -OCH3 is 1. The molecule has 210 valence electrons. The van der Waals surface area contributed by atoms with Crippen LogP contribution in [0.3, 0.4) is 0 Å². The predicted octanol–water partition coefficient (Wildman–Crippen LogP) is 2.03. The van der Waals surface area contributed by atoms with E-state index in [0.29, 0.717) is 62.1 Å². The number of carbonyl (C=O) groups is 2. The Hall–Kier alpha value is -4.08. The lowest BCUT2D eigenvalue weighted by Gasteiger charge is -2.14. The Morgan fingerprint density at radius 1 is 1.13 bits per heavy atom. The summed E-state index contributed by atoms with van der Waals surface area (Å²) in [5.41, 5.74) is 1.18. The Labute approximate surface area is 229 Å². The number of rotatable bonds is 15. The molecule has 0 unspecified atom stereocenters. The highest BCUT2D eigenvalue weighted by Gasteiger charge is 2.10. The quantitative estimate of drug-likeness (QED) is 0.135. The van der Waals surface area contributed by atoms with E-state index in [2.05, 4.69) is 42.7 Å². The normalized spacial score (nSPS) is 10.7. The number of halogens is 1. The number of hydrogen-bond donors (Lipinski definition) is 3. The van der Waals surface area contributed by atoms with Gasteiger partial charge in [-0.2, -0.15) is 9.37 Å². The number of aromatic nitrogens is 3. The standard InChI is InChI=1S/C27H37FN8O3/c1-35(2)16-8-11-25(38)36(3)20-24(37)29-14-7-5-6-10-21-18-32-27(33-22-12-13-23(28)31-19-22)34-26(21)30-15-9-17-39-4/h8,11-13,18-19H,5,7,9,14-17,20H2,1-4H3,(H,29,37)(H2,30,32,33,34). The lowest BCUT2D eigenvalue weighted by atomic mass is 10.2. The topological polar surface area (TPSA) is 125 Å². The Kier molecular flexibility index (Phi) is 13.9. The maximum absolute atomic E-state index is 13.1. The first-order valence-corrected chi connectivity index (χ1v) is 12.6. The van der Waals surface area contributed by atoms with E-state index in [9.17, 15) is 14.0 Å². The zero-order valence-electron chi connectivity index (χ0n) is 23.0. The van der Waals surface area contributed by atoms with Gasteiger partial charge in [-0.1, -0.05) is 17.9 Å². The lowest BCUT2D eigenvalue weighted by molar-refractivity contribution is -0.131. The number of anilines is 3. The number of nitrogens with zero attached hydrogens (tertiary/aromatic N) is 5. The molecule has 11 nitrogen and oxygen atoms in total. The molecule has 0 fully saturated rings. The van der Waals surface area contributed by atoms with Gasteiger partial charge in [-0.3, -0.25) is 9.59 Å². The van der Waals surface area contributed by atoms with Gasteiger partial charge in [0.15, 0.2) is 0 Å². The van der Waals surface area contributed by atoms with E-state index < -0.39 is 5.95 Å². The van der Waals surface area contributed by atoms with E-state index in [0.717, 1.165) is 6.42 Å². The van der Waals surface area contributed by atoms with Crippen molar-refractivity contribution in [2.24, 2.45) is 0 Å². The molecule has 2 amide bonds. The van der Waals surface area contributed by atoms with Crippen LogP contribution < -0.4 is 16.0 Å². The number of nitrogens with one attached hydrogen (secondary N) is 3. The fourth-order valence-electron chi connectivity index (χ4n) is 3.07. The zero-order valence-corrected chi connectivity index (χ0v) is 23.0. The summed E-state index contributed by atoms with van der Waals surface area (Å²) >= 11 is 0. The maximum atomic E-state index is 13.1. The summed E-state index contributed by atoms with van der Waals surface area (Å²) in [5.74, 6) is 6.03. The van der Waals surface area contributed by atoms with Crippen molar-refractivity contribution in [3.8, 4) is 11.8 Å². The maximum Gasteiger partial charge on any atom is 0.246 e. The van der Waals surface area contributed by atoms with Gasteiger partial charge in [-0.05, 0) is 39.1 Å². The molecule has 12 heteroatoms. The lowest BCUT2D eigenvalue weighted by Crippen LogP contribution is -2.38. The van der Waals surface area contributed by atoms with Crippen molar-refractivity contribution in [2.75, 3.05) is 71.7 Å². The number of pyridine rings is 1. The summed E-state index contributed by atoms with van der Waals surface area (Å²) in [5, 5.41) is 9.05. The molecule has 2 aromatic heterocycles. The largest absolute Gasteiger partial charge is 0.385 e. The fraction of sp³-hybridized carbons (Fsp3) is 0.444. The molecule has 2 heterocycles. The molecule has 0 bridgehead atoms. The van der Waals surface area contributed by atoms with Crippen molar-refractivity contribution in [3.63, 3.8) is 0 Å². The smallest absolute Gasteiger partial charge is 0.246 e. The first-order valence-electron chi connectivity index (χ1n) is 12.6. The second-order valence-corrected chi connectivity index (χ2v) is 8.84. The second-order valence-electron chi connectivity index (χ2n) is 8.84. The van der Waals surface area contributed by atoms with Crippen LogP contribution in [0.1, 0.15) is 24.8 Å². The molecule has 0 saturated carbocycles. The molecule has 0 aromatic carbocycles. The molecule has 0 aliphatic carbocycles. The van der Waals surface area contributed by atoms with Gasteiger partial charge < -0.3 is 30.5 Å². The molecule has 0 spiro atoms. The Balaban J connectivity index is 1.86. The predicted molar refractivity (Wildman–Crippen MR) is 149 cm³/mol. The average Bonchev–Trinajstić information content (AvgIpc) is 2.90. The van der Waals surface area contributed by atoms with Crippen LogP contribution in [-0.2, 0) is 14.3 Å². The minimum Gasteiger partial charge on any atom is -0.385 e. The zero-order chi connectivity index (χ0) is 28.5. The van der Waals surface area contributed by atoms with Gasteiger partial charge in [0.05, 0.1) is 30.2 Å². The van der Waals surface area contributed by atoms with E-state index in [1.165, 1.54) is 23.2 Å². The first-order chi connectivity index (χ1) is 18.8. The van der Waals surface area contributed by atoms with Crippen LogP contribution in [0.25, 0.3) is 0 Å². The highest BCUT2D eigenvalue weighted by atomic mass is 19.1. The average molecular weight is 541 g/mol. The molecular formula is C27H37FN8O3. The van der Waals surface area contributed by atoms with Crippen molar-refractivity contribution in [3.05, 3.63) is 48.2 Å². The SMILES string of the molecule is COCCCNc1nc(Nc2ccc(F)nc2)ncc1C#CCCCNC(=O)CN(C)C(=O)C=CCN(C)C. The van der Waals surface area contributed by atoms with Gasteiger partial charge in [0.2, 0.25) is 23.7 Å². The van der Waals surface area contributed by atoms with Crippen molar-refractivity contribution < 1.29 is 18.7 Å². The van der Waals surface area contributed by atoms with Crippen LogP contribution in [0.5, 0.6) is 0 Å². The van der Waals surface area contributed by atoms with Crippen molar-refractivity contribution in [1.29, 1.82) is 0 Å². The molecule has 0 radical (unpaired) electrons. The molecule has 2 aromatic rings. The molecular weight excluding hydrogens is 503 g/mol. The Bertz CT molecular complexity index is 1150. The van der Waals surface area contributed by atoms with Crippen LogP contribution in [0.4, 0.5) is 21.8 Å². The molecule has 0 saturated heterocycles. The number of unbranched alkanes of at least 4 members (excludes halogenated alkanes) is 1. The summed E-state index contributed by atoms with van der Waals surface area (Å²) in [6, 6.07) is 2.79. The number of likely N-dealkylation sites (N-methyl/N-ethyl adjacent to an activating group) is 2. The van der Waals surface area contributed by atoms with Crippen LogP contribution >= 0.6 is 0 Å². The number of amides is 2. The molecule has 2 rings (SSSR count). The summed E-state index contributed by atoms with van der Waals surface area (Å²) < 4.78 is 18.2. The summed E-state index contributed by atoms with van der Waals surface area (Å²) in [4.78, 5) is 39.9. The fourth-order valence-corrected chi connectivity index (χ4v) is 3.07. The van der Waals surface area contributed by atoms with E-state index in [1.54, 1.807) is 32.5 Å². The minimum atomic E-state index is -0.571. The van der Waals surface area contributed by atoms with Gasteiger partial charge >= 0.3 is 0 Å². The van der Waals surface area contributed by atoms with Crippen LogP contribution in [-0.4, -0.2) is 97.6 Å². The molecule has 0 aliphatic rings. The van der Waals surface area contributed by atoms with Gasteiger partial charge in [0.25, 0.3) is 0 Å². The van der Waals surface area contributed by atoms with E-state index >= 15 is 0 Å². The van der Waals surface area contributed by atoms with Crippen LogP contribution in [0, 0.1) is 17.8 Å². The molecule has 3 N–H and O–H groups in total. The molecule has 39 heavy (non-hydrogen) atoms. The van der Waals surface area contributed by atoms with Crippen LogP contribution in [0.2, 0.25) is 0 Å². The van der Waals surface area contributed by atoms with E-state index in [1.807, 2.05) is 19.0 Å². The van der Waals surface area contributed by atoms with Gasteiger partial charge in [-0.25, -0.2) is 9.97 Å². The third-order valence-corrected chi connectivity index (χ3v) is 5.10. The third-order valence-electron chi connectivity index (χ3n) is 5.10. The molecule has 0 aliphatic heterocycles. The summed E-state index contributed by atoms with van der Waals surface area (Å²) in [7, 11) is 7.06. The molecule has 0 atom stereocenters. The van der Waals surface area contributed by atoms with E-state index in [4.69, 9.17) is 4.74 Å². The number of ether oxygens (including phenoxy) is 1. The summed E-state index contributed by atoms with van der Waals surface area (Å²) in [6.45, 7) is 2.32.